The minimum absolute atomic E-state index is 0.291. The van der Waals surface area contributed by atoms with E-state index in [2.05, 4.69) is 13.8 Å². The average molecular weight is 681 g/mol. The van der Waals surface area contributed by atoms with Gasteiger partial charge in [0, 0.05) is 0 Å². The molecule has 2 N–H and O–H groups in total. The molecule has 3 heteroatoms. The number of phenolic OH excluding ortho intramolecular Hbond substituents is 2. The summed E-state index contributed by atoms with van der Waals surface area (Å²) in [5, 5.41) is 18.5. The first-order valence-corrected chi connectivity index (χ1v) is 21.4. The van der Waals surface area contributed by atoms with Gasteiger partial charge >= 0.3 is 0 Å². The summed E-state index contributed by atoms with van der Waals surface area (Å²) in [5.41, 5.74) is 1.35. The Morgan fingerprint density at radius 2 is 0.633 bits per heavy atom. The fourth-order valence-electron chi connectivity index (χ4n) is 6.57. The van der Waals surface area contributed by atoms with E-state index in [1.807, 2.05) is 24.3 Å². The number of ether oxygens (including phenoxy) is 1. The van der Waals surface area contributed by atoms with E-state index < -0.39 is 0 Å². The van der Waals surface area contributed by atoms with Crippen molar-refractivity contribution in [2.24, 2.45) is 0 Å². The van der Waals surface area contributed by atoms with Crippen molar-refractivity contribution in [2.75, 3.05) is 6.61 Å². The monoisotopic (exact) mass is 681 g/mol. The molecule has 2 aromatic carbocycles. The molecule has 0 amide bonds. The summed E-state index contributed by atoms with van der Waals surface area (Å²) >= 11 is 0. The van der Waals surface area contributed by atoms with Gasteiger partial charge in [-0.2, -0.15) is 0 Å². The molecule has 0 aliphatic heterocycles. The van der Waals surface area contributed by atoms with E-state index in [1.165, 1.54) is 192 Å². The summed E-state index contributed by atoms with van der Waals surface area (Å²) in [6.07, 6.45) is 43.2. The SMILES string of the molecule is CCCCCCCCCCCCCCCCCCOc1ccc(O)cc1.CCCCCCCCCCCCCCCCc1ccc(O)cc1. The Morgan fingerprint density at radius 1 is 0.347 bits per heavy atom. The van der Waals surface area contributed by atoms with E-state index in [0.717, 1.165) is 25.2 Å². The molecule has 0 heterocycles. The van der Waals surface area contributed by atoms with Crippen LogP contribution in [0.15, 0.2) is 48.5 Å². The van der Waals surface area contributed by atoms with Crippen molar-refractivity contribution in [1.82, 2.24) is 0 Å². The van der Waals surface area contributed by atoms with Gasteiger partial charge in [0.25, 0.3) is 0 Å². The summed E-state index contributed by atoms with van der Waals surface area (Å²) in [4.78, 5) is 0. The quantitative estimate of drug-likeness (QED) is 0.0738. The molecule has 0 aliphatic carbocycles. The first kappa shape index (κ1) is 44.9. The lowest BCUT2D eigenvalue weighted by Crippen LogP contribution is -1.96. The first-order valence-electron chi connectivity index (χ1n) is 21.4. The van der Waals surface area contributed by atoms with Gasteiger partial charge < -0.3 is 14.9 Å². The molecule has 0 bridgehead atoms. The standard InChI is InChI=1S/C24H42O2.C22H38O/c1-2-3-4-5-6-7-8-9-10-11-12-13-14-15-16-17-22-26-24-20-18-23(25)19-21-24;1-2-3-4-5-6-7-8-9-10-11-12-13-14-15-16-21-17-19-22(23)20-18-21/h18-21,25H,2-17,22H2,1H3;17-20,23H,2-16H2,1H3. The Bertz CT molecular complexity index is 907. The highest BCUT2D eigenvalue weighted by atomic mass is 16.5. The summed E-state index contributed by atoms with van der Waals surface area (Å²) in [6, 6.07) is 14.6. The van der Waals surface area contributed by atoms with Crippen LogP contribution in [0.5, 0.6) is 17.2 Å². The van der Waals surface area contributed by atoms with Crippen molar-refractivity contribution in [3.8, 4) is 17.2 Å². The Balaban J connectivity index is 0.000000494. The number of aryl methyl sites for hydroxylation is 1. The number of hydrogen-bond donors (Lipinski definition) is 2. The van der Waals surface area contributed by atoms with E-state index in [1.54, 1.807) is 24.3 Å². The van der Waals surface area contributed by atoms with Gasteiger partial charge in [-0.05, 0) is 61.2 Å². The smallest absolute Gasteiger partial charge is 0.119 e. The number of aromatic hydroxyl groups is 2. The first-order chi connectivity index (χ1) is 24.2. The number of phenols is 2. The molecule has 2 aromatic rings. The largest absolute Gasteiger partial charge is 0.508 e. The molecular weight excluding hydrogens is 601 g/mol. The van der Waals surface area contributed by atoms with Crippen LogP contribution < -0.4 is 4.74 Å². The highest BCUT2D eigenvalue weighted by Gasteiger charge is 1.98. The molecule has 0 spiro atoms. The molecular formula is C46H80O3. The van der Waals surface area contributed by atoms with Crippen LogP contribution in [0.25, 0.3) is 0 Å². The molecule has 0 aliphatic rings. The van der Waals surface area contributed by atoms with Crippen molar-refractivity contribution in [3.63, 3.8) is 0 Å². The van der Waals surface area contributed by atoms with Crippen molar-refractivity contribution in [3.05, 3.63) is 54.1 Å². The van der Waals surface area contributed by atoms with Crippen LogP contribution in [0, 0.1) is 0 Å². The van der Waals surface area contributed by atoms with Crippen LogP contribution in [-0.4, -0.2) is 16.8 Å². The Hall–Kier alpha value is -2.16. The molecule has 0 aromatic heterocycles. The molecule has 49 heavy (non-hydrogen) atoms. The molecule has 0 atom stereocenters. The third-order valence-electron chi connectivity index (χ3n) is 9.86. The van der Waals surface area contributed by atoms with E-state index in [0.29, 0.717) is 11.5 Å². The molecule has 2 rings (SSSR count). The second-order valence-corrected chi connectivity index (χ2v) is 14.7. The van der Waals surface area contributed by atoms with Gasteiger partial charge in [0.15, 0.2) is 0 Å². The maximum atomic E-state index is 9.25. The van der Waals surface area contributed by atoms with Gasteiger partial charge in [0.1, 0.15) is 17.2 Å². The lowest BCUT2D eigenvalue weighted by Gasteiger charge is -2.06. The molecule has 0 unspecified atom stereocenters. The topological polar surface area (TPSA) is 49.7 Å². The minimum atomic E-state index is 0.291. The zero-order valence-electron chi connectivity index (χ0n) is 32.5. The van der Waals surface area contributed by atoms with Gasteiger partial charge in [-0.15, -0.1) is 0 Å². The number of unbranched alkanes of at least 4 members (excludes halogenated alkanes) is 28. The maximum Gasteiger partial charge on any atom is 0.119 e. The lowest BCUT2D eigenvalue weighted by atomic mass is 10.0. The summed E-state index contributed by atoms with van der Waals surface area (Å²) < 4.78 is 5.67. The average Bonchev–Trinajstić information content (AvgIpc) is 3.11. The number of hydrogen-bond acceptors (Lipinski definition) is 3. The summed E-state index contributed by atoms with van der Waals surface area (Å²) in [5.74, 6) is 1.51. The Kier molecular flexibility index (Phi) is 32.6. The predicted molar refractivity (Wildman–Crippen MR) is 215 cm³/mol. The second kappa shape index (κ2) is 35.7. The van der Waals surface area contributed by atoms with E-state index in [-0.39, 0.29) is 0 Å². The number of benzene rings is 2. The van der Waals surface area contributed by atoms with E-state index in [9.17, 15) is 10.2 Å². The van der Waals surface area contributed by atoms with Crippen LogP contribution in [0.4, 0.5) is 0 Å². The summed E-state index contributed by atoms with van der Waals surface area (Å²) in [6.45, 7) is 5.35. The van der Waals surface area contributed by atoms with Crippen LogP contribution in [0.2, 0.25) is 0 Å². The van der Waals surface area contributed by atoms with Crippen LogP contribution in [0.1, 0.15) is 212 Å². The predicted octanol–water partition coefficient (Wildman–Crippen LogP) is 15.4. The third kappa shape index (κ3) is 31.6. The molecule has 3 nitrogen and oxygen atoms in total. The van der Waals surface area contributed by atoms with Crippen molar-refractivity contribution < 1.29 is 14.9 Å². The Morgan fingerprint density at radius 3 is 0.980 bits per heavy atom. The maximum absolute atomic E-state index is 9.25. The second-order valence-electron chi connectivity index (χ2n) is 14.7. The fraction of sp³-hybridized carbons (Fsp3) is 0.739. The highest BCUT2D eigenvalue weighted by Crippen LogP contribution is 2.18. The lowest BCUT2D eigenvalue weighted by molar-refractivity contribution is 0.303. The van der Waals surface area contributed by atoms with E-state index in [4.69, 9.17) is 4.74 Å². The van der Waals surface area contributed by atoms with Gasteiger partial charge in [0.05, 0.1) is 6.61 Å². The highest BCUT2D eigenvalue weighted by molar-refractivity contribution is 5.30. The molecule has 0 radical (unpaired) electrons. The van der Waals surface area contributed by atoms with Crippen molar-refractivity contribution >= 4 is 0 Å². The van der Waals surface area contributed by atoms with Gasteiger partial charge in [-0.1, -0.05) is 206 Å². The third-order valence-corrected chi connectivity index (χ3v) is 9.86. The molecule has 0 saturated heterocycles. The van der Waals surface area contributed by atoms with Crippen molar-refractivity contribution in [2.45, 2.75) is 213 Å². The zero-order valence-corrected chi connectivity index (χ0v) is 32.5. The normalized spacial score (nSPS) is 11.0. The van der Waals surface area contributed by atoms with Crippen LogP contribution in [-0.2, 0) is 6.42 Å². The van der Waals surface area contributed by atoms with E-state index >= 15 is 0 Å². The minimum Gasteiger partial charge on any atom is -0.508 e. The Labute approximate surface area is 305 Å². The molecule has 282 valence electrons. The van der Waals surface area contributed by atoms with Gasteiger partial charge in [-0.3, -0.25) is 0 Å². The van der Waals surface area contributed by atoms with Crippen LogP contribution in [0.3, 0.4) is 0 Å². The van der Waals surface area contributed by atoms with Crippen LogP contribution >= 0.6 is 0 Å². The summed E-state index contributed by atoms with van der Waals surface area (Å²) in [7, 11) is 0. The van der Waals surface area contributed by atoms with Crippen molar-refractivity contribution in [1.29, 1.82) is 0 Å². The fourth-order valence-corrected chi connectivity index (χ4v) is 6.57. The van der Waals surface area contributed by atoms with Gasteiger partial charge in [0.2, 0.25) is 0 Å². The number of rotatable bonds is 33. The molecule has 0 fully saturated rings. The molecule has 0 saturated carbocycles. The zero-order chi connectivity index (χ0) is 35.3. The van der Waals surface area contributed by atoms with Gasteiger partial charge in [-0.25, -0.2) is 0 Å².